The maximum atomic E-state index is 12.5. The van der Waals surface area contributed by atoms with Crippen molar-refractivity contribution in [3.05, 3.63) is 0 Å². The third-order valence-electron chi connectivity index (χ3n) is 8.11. The van der Waals surface area contributed by atoms with Gasteiger partial charge in [-0.3, -0.25) is 14.4 Å². The maximum absolute atomic E-state index is 12.5. The molecule has 0 aromatic carbocycles. The lowest BCUT2D eigenvalue weighted by Crippen LogP contribution is -2.30. The molecule has 1 unspecified atom stereocenters. The molecule has 0 spiro atoms. The van der Waals surface area contributed by atoms with Gasteiger partial charge in [0.1, 0.15) is 13.2 Å². The summed E-state index contributed by atoms with van der Waals surface area (Å²) in [5, 5.41) is 0. The molecule has 254 valence electrons. The molecule has 0 bridgehead atoms. The van der Waals surface area contributed by atoms with E-state index in [1.807, 2.05) is 0 Å². The molecule has 0 aliphatic carbocycles. The van der Waals surface area contributed by atoms with Gasteiger partial charge in [0, 0.05) is 19.3 Å². The fourth-order valence-electron chi connectivity index (χ4n) is 5.26. The minimum atomic E-state index is -0.754. The Kier molecular flexibility index (Phi) is 32.1. The lowest BCUT2D eigenvalue weighted by Gasteiger charge is -2.18. The minimum absolute atomic E-state index is 0.0650. The molecule has 0 saturated heterocycles. The number of hydrogen-bond acceptors (Lipinski definition) is 6. The van der Waals surface area contributed by atoms with Gasteiger partial charge in [-0.1, -0.05) is 162 Å². The molecule has 0 aliphatic heterocycles. The molecule has 1 atom stereocenters. The summed E-state index contributed by atoms with van der Waals surface area (Å²) in [6.07, 6.45) is 29.5. The van der Waals surface area contributed by atoms with Crippen molar-refractivity contribution in [2.75, 3.05) is 13.2 Å². The van der Waals surface area contributed by atoms with E-state index in [0.29, 0.717) is 19.3 Å². The Labute approximate surface area is 266 Å². The second-order valence-electron chi connectivity index (χ2n) is 12.5. The molecule has 0 aliphatic rings. The zero-order valence-electron chi connectivity index (χ0n) is 28.7. The van der Waals surface area contributed by atoms with Crippen molar-refractivity contribution in [3.8, 4) is 0 Å². The van der Waals surface area contributed by atoms with Crippen molar-refractivity contribution >= 4 is 17.9 Å². The Morgan fingerprint density at radius 3 is 0.930 bits per heavy atom. The number of carbonyl (C=O) groups excluding carboxylic acids is 3. The smallest absolute Gasteiger partial charge is 0.306 e. The summed E-state index contributed by atoms with van der Waals surface area (Å²) >= 11 is 0. The molecule has 0 amide bonds. The van der Waals surface area contributed by atoms with Crippen molar-refractivity contribution in [1.29, 1.82) is 0 Å². The monoisotopic (exact) mass is 611 g/mol. The average Bonchev–Trinajstić information content (AvgIpc) is 3.00. The second kappa shape index (κ2) is 33.3. The molecule has 0 rings (SSSR count). The molecule has 6 heteroatoms. The first kappa shape index (κ1) is 41.4. The summed E-state index contributed by atoms with van der Waals surface area (Å²) in [6.45, 7) is 6.54. The Morgan fingerprint density at radius 1 is 0.372 bits per heavy atom. The van der Waals surface area contributed by atoms with E-state index in [1.165, 1.54) is 103 Å². The van der Waals surface area contributed by atoms with Crippen LogP contribution < -0.4 is 0 Å². The van der Waals surface area contributed by atoms with Crippen molar-refractivity contribution in [1.82, 2.24) is 0 Å². The van der Waals surface area contributed by atoms with Gasteiger partial charge in [0.25, 0.3) is 0 Å². The lowest BCUT2D eigenvalue weighted by molar-refractivity contribution is -0.167. The number of carbonyl (C=O) groups is 3. The normalized spacial score (nSPS) is 11.8. The van der Waals surface area contributed by atoms with Gasteiger partial charge >= 0.3 is 17.9 Å². The van der Waals surface area contributed by atoms with Gasteiger partial charge in [-0.15, -0.1) is 0 Å². The van der Waals surface area contributed by atoms with Crippen LogP contribution in [0.1, 0.15) is 201 Å². The third kappa shape index (κ3) is 31.6. The molecule has 0 aromatic heterocycles. The van der Waals surface area contributed by atoms with Gasteiger partial charge in [0.2, 0.25) is 0 Å². The van der Waals surface area contributed by atoms with Crippen molar-refractivity contribution < 1.29 is 28.6 Å². The highest BCUT2D eigenvalue weighted by molar-refractivity contribution is 5.71. The van der Waals surface area contributed by atoms with E-state index in [1.54, 1.807) is 0 Å². The standard InChI is InChI=1S/C37H70O6/c1-4-7-10-13-16-18-21-24-27-30-36(39)42-33-34(32-41-35(38)29-26-23-20-15-12-9-6-3)43-37(40)31-28-25-22-19-17-14-11-8-5-2/h34H,4-33H2,1-3H3. The first-order valence-electron chi connectivity index (χ1n) is 18.5. The zero-order valence-corrected chi connectivity index (χ0v) is 28.7. The van der Waals surface area contributed by atoms with Crippen LogP contribution in [0.15, 0.2) is 0 Å². The fourth-order valence-corrected chi connectivity index (χ4v) is 5.26. The van der Waals surface area contributed by atoms with Crippen LogP contribution in [0.5, 0.6) is 0 Å². The predicted molar refractivity (Wildman–Crippen MR) is 178 cm³/mol. The van der Waals surface area contributed by atoms with Crippen molar-refractivity contribution in [3.63, 3.8) is 0 Å². The summed E-state index contributed by atoms with van der Waals surface area (Å²) in [4.78, 5) is 37.1. The molecule has 0 aromatic rings. The molecule has 0 radical (unpaired) electrons. The van der Waals surface area contributed by atoms with Gasteiger partial charge < -0.3 is 14.2 Å². The van der Waals surface area contributed by atoms with E-state index in [9.17, 15) is 14.4 Å². The molecular weight excluding hydrogens is 540 g/mol. The van der Waals surface area contributed by atoms with Crippen LogP contribution in [-0.2, 0) is 28.6 Å². The first-order chi connectivity index (χ1) is 21.0. The number of ether oxygens (including phenoxy) is 3. The fraction of sp³-hybridized carbons (Fsp3) is 0.919. The van der Waals surface area contributed by atoms with Crippen LogP contribution in [0.3, 0.4) is 0 Å². The van der Waals surface area contributed by atoms with Crippen LogP contribution in [-0.4, -0.2) is 37.2 Å². The van der Waals surface area contributed by atoms with E-state index in [0.717, 1.165) is 57.8 Å². The largest absolute Gasteiger partial charge is 0.462 e. The number of esters is 3. The Bertz CT molecular complexity index is 635. The Hall–Kier alpha value is -1.59. The Morgan fingerprint density at radius 2 is 0.628 bits per heavy atom. The first-order valence-corrected chi connectivity index (χ1v) is 18.5. The molecule has 6 nitrogen and oxygen atoms in total. The van der Waals surface area contributed by atoms with Gasteiger partial charge in [-0.25, -0.2) is 0 Å². The van der Waals surface area contributed by atoms with E-state index >= 15 is 0 Å². The molecule has 0 saturated carbocycles. The van der Waals surface area contributed by atoms with Gasteiger partial charge in [0.05, 0.1) is 0 Å². The predicted octanol–water partition coefficient (Wildman–Crippen LogP) is 11.0. The van der Waals surface area contributed by atoms with Crippen LogP contribution in [0.4, 0.5) is 0 Å². The van der Waals surface area contributed by atoms with Gasteiger partial charge in [-0.2, -0.15) is 0 Å². The molecule has 0 fully saturated rings. The highest BCUT2D eigenvalue weighted by Gasteiger charge is 2.19. The van der Waals surface area contributed by atoms with Crippen molar-refractivity contribution in [2.24, 2.45) is 0 Å². The van der Waals surface area contributed by atoms with E-state index in [-0.39, 0.29) is 31.1 Å². The molecule has 0 N–H and O–H groups in total. The van der Waals surface area contributed by atoms with Gasteiger partial charge in [0.15, 0.2) is 6.10 Å². The lowest BCUT2D eigenvalue weighted by atomic mass is 10.1. The highest BCUT2D eigenvalue weighted by atomic mass is 16.6. The number of hydrogen-bond donors (Lipinski definition) is 0. The average molecular weight is 611 g/mol. The highest BCUT2D eigenvalue weighted by Crippen LogP contribution is 2.14. The SMILES string of the molecule is CCCCCCCCCCCC(=O)OCC(COC(=O)CCCCCCCCC)OC(=O)CCCCCCCCCCC. The van der Waals surface area contributed by atoms with E-state index in [2.05, 4.69) is 20.8 Å². The quantitative estimate of drug-likeness (QED) is 0.0418. The number of unbranched alkanes of at least 4 members (excludes halogenated alkanes) is 22. The molecule has 43 heavy (non-hydrogen) atoms. The topological polar surface area (TPSA) is 78.9 Å². The Balaban J connectivity index is 4.34. The maximum Gasteiger partial charge on any atom is 0.306 e. The summed E-state index contributed by atoms with van der Waals surface area (Å²) in [7, 11) is 0. The number of rotatable bonds is 33. The van der Waals surface area contributed by atoms with Crippen LogP contribution >= 0.6 is 0 Å². The van der Waals surface area contributed by atoms with Crippen LogP contribution in [0.2, 0.25) is 0 Å². The second-order valence-corrected chi connectivity index (χ2v) is 12.5. The summed E-state index contributed by atoms with van der Waals surface area (Å²) in [6, 6.07) is 0. The minimum Gasteiger partial charge on any atom is -0.462 e. The van der Waals surface area contributed by atoms with Crippen LogP contribution in [0, 0.1) is 0 Å². The van der Waals surface area contributed by atoms with E-state index < -0.39 is 6.10 Å². The zero-order chi connectivity index (χ0) is 31.6. The van der Waals surface area contributed by atoms with Crippen LogP contribution in [0.25, 0.3) is 0 Å². The van der Waals surface area contributed by atoms with Crippen molar-refractivity contribution in [2.45, 2.75) is 207 Å². The summed E-state index contributed by atoms with van der Waals surface area (Å²) < 4.78 is 16.5. The van der Waals surface area contributed by atoms with Gasteiger partial charge in [-0.05, 0) is 19.3 Å². The summed E-state index contributed by atoms with van der Waals surface area (Å²) in [5.74, 6) is -0.877. The molecular formula is C37H70O6. The third-order valence-corrected chi connectivity index (χ3v) is 8.11. The molecule has 0 heterocycles. The summed E-state index contributed by atoms with van der Waals surface area (Å²) in [5.41, 5.74) is 0. The van der Waals surface area contributed by atoms with E-state index in [4.69, 9.17) is 14.2 Å².